The van der Waals surface area contributed by atoms with Gasteiger partial charge < -0.3 is 14.2 Å². The summed E-state index contributed by atoms with van der Waals surface area (Å²) in [5.41, 5.74) is 0. The molecule has 0 rings (SSSR count). The van der Waals surface area contributed by atoms with Crippen LogP contribution in [0.15, 0.2) is 0 Å². The van der Waals surface area contributed by atoms with Crippen LogP contribution in [0.1, 0.15) is 324 Å². The predicted molar refractivity (Wildman–Crippen MR) is 275 cm³/mol. The highest BCUT2D eigenvalue weighted by atomic mass is 16.6. The molecule has 0 aromatic rings. The Hall–Kier alpha value is -1.59. The quantitative estimate of drug-likeness (QED) is 0.0344. The highest BCUT2D eigenvalue weighted by Crippen LogP contribution is 2.19. The molecule has 6 nitrogen and oxygen atoms in total. The third-order valence-electron chi connectivity index (χ3n) is 13.9. The Balaban J connectivity index is 4.25. The monoisotopic (exact) mass is 905 g/mol. The van der Waals surface area contributed by atoms with Gasteiger partial charge in [-0.05, 0) is 31.1 Å². The number of esters is 3. The molecule has 0 heterocycles. The first-order valence-corrected chi connectivity index (χ1v) is 28.8. The largest absolute Gasteiger partial charge is 0.462 e. The maximum absolute atomic E-state index is 12.8. The molecule has 0 spiro atoms. The maximum Gasteiger partial charge on any atom is 0.306 e. The van der Waals surface area contributed by atoms with Crippen LogP contribution in [0.25, 0.3) is 0 Å². The highest BCUT2D eigenvalue weighted by molar-refractivity contribution is 5.71. The minimum absolute atomic E-state index is 0.0636. The SMILES string of the molecule is CCCCCCCCCCCCCCCCCCCCC(=O)O[C@@H](COC(=O)CCCCCCCCCCCCCCCCC(C)CC)COC(=O)CCCCCCCCC(C)CC. The molecule has 0 saturated heterocycles. The molecule has 0 aliphatic rings. The van der Waals surface area contributed by atoms with Crippen molar-refractivity contribution in [2.45, 2.75) is 330 Å². The molecule has 0 N–H and O–H groups in total. The first-order chi connectivity index (χ1) is 31.3. The second-order valence-electron chi connectivity index (χ2n) is 20.4. The first kappa shape index (κ1) is 62.4. The lowest BCUT2D eigenvalue weighted by molar-refractivity contribution is -0.167. The van der Waals surface area contributed by atoms with E-state index in [1.165, 1.54) is 212 Å². The van der Waals surface area contributed by atoms with E-state index in [-0.39, 0.29) is 31.1 Å². The number of unbranched alkanes of at least 4 members (excludes halogenated alkanes) is 35. The van der Waals surface area contributed by atoms with Crippen LogP contribution in [0, 0.1) is 11.8 Å². The Morgan fingerprint density at radius 1 is 0.312 bits per heavy atom. The summed E-state index contributed by atoms with van der Waals surface area (Å²) in [4.78, 5) is 38.1. The van der Waals surface area contributed by atoms with Crippen molar-refractivity contribution >= 4 is 17.9 Å². The van der Waals surface area contributed by atoms with Gasteiger partial charge in [0.15, 0.2) is 6.10 Å². The van der Waals surface area contributed by atoms with Crippen molar-refractivity contribution in [2.75, 3.05) is 13.2 Å². The van der Waals surface area contributed by atoms with Crippen molar-refractivity contribution in [3.05, 3.63) is 0 Å². The van der Waals surface area contributed by atoms with Crippen molar-refractivity contribution in [1.82, 2.24) is 0 Å². The molecule has 0 aliphatic heterocycles. The Labute approximate surface area is 399 Å². The average Bonchev–Trinajstić information content (AvgIpc) is 3.29. The zero-order valence-corrected chi connectivity index (χ0v) is 43.9. The van der Waals surface area contributed by atoms with Crippen molar-refractivity contribution in [3.63, 3.8) is 0 Å². The van der Waals surface area contributed by atoms with Gasteiger partial charge in [0.2, 0.25) is 0 Å². The summed E-state index contributed by atoms with van der Waals surface area (Å²) in [5, 5.41) is 0. The fourth-order valence-corrected chi connectivity index (χ4v) is 8.81. The summed E-state index contributed by atoms with van der Waals surface area (Å²) in [6.07, 6.45) is 53.8. The van der Waals surface area contributed by atoms with Crippen molar-refractivity contribution in [1.29, 1.82) is 0 Å². The molecule has 0 saturated carbocycles. The van der Waals surface area contributed by atoms with E-state index in [1.54, 1.807) is 0 Å². The van der Waals surface area contributed by atoms with E-state index in [4.69, 9.17) is 14.2 Å². The van der Waals surface area contributed by atoms with Gasteiger partial charge in [0.05, 0.1) is 0 Å². The molecular weight excluding hydrogens is 793 g/mol. The van der Waals surface area contributed by atoms with Gasteiger partial charge in [-0.25, -0.2) is 0 Å². The van der Waals surface area contributed by atoms with E-state index in [0.717, 1.165) is 69.6 Å². The van der Waals surface area contributed by atoms with Crippen molar-refractivity contribution in [3.8, 4) is 0 Å². The fraction of sp³-hybridized carbons (Fsp3) is 0.948. The number of carbonyl (C=O) groups excluding carboxylic acids is 3. The molecular formula is C58H112O6. The normalized spacial score (nSPS) is 12.9. The van der Waals surface area contributed by atoms with Crippen molar-refractivity contribution < 1.29 is 28.6 Å². The van der Waals surface area contributed by atoms with Crippen LogP contribution in [0.3, 0.4) is 0 Å². The van der Waals surface area contributed by atoms with Crippen LogP contribution >= 0.6 is 0 Å². The first-order valence-electron chi connectivity index (χ1n) is 28.8. The van der Waals surface area contributed by atoms with Crippen LogP contribution < -0.4 is 0 Å². The van der Waals surface area contributed by atoms with E-state index < -0.39 is 6.10 Å². The van der Waals surface area contributed by atoms with Gasteiger partial charge in [0, 0.05) is 19.3 Å². The molecule has 3 atom stereocenters. The minimum atomic E-state index is -0.763. The molecule has 0 aromatic carbocycles. The van der Waals surface area contributed by atoms with Crippen LogP contribution in [0.5, 0.6) is 0 Å². The lowest BCUT2D eigenvalue weighted by Gasteiger charge is -2.18. The number of carbonyl (C=O) groups is 3. The standard InChI is InChI=1S/C58H112O6/c1-6-9-10-11-12-13-14-15-16-17-18-19-24-27-30-33-40-45-50-58(61)64-55(52-63-57(60)49-44-39-35-34-37-42-47-54(5)8-3)51-62-56(59)48-43-38-32-29-26-23-21-20-22-25-28-31-36-41-46-53(4)7-2/h53-55H,6-52H2,1-5H3/t53?,54?,55-/m0/s1. The smallest absolute Gasteiger partial charge is 0.306 e. The molecule has 380 valence electrons. The lowest BCUT2D eigenvalue weighted by Crippen LogP contribution is -2.30. The van der Waals surface area contributed by atoms with Gasteiger partial charge in [0.1, 0.15) is 13.2 Å². The van der Waals surface area contributed by atoms with Crippen LogP contribution in [-0.2, 0) is 28.6 Å². The van der Waals surface area contributed by atoms with E-state index in [2.05, 4.69) is 34.6 Å². The Morgan fingerprint density at radius 2 is 0.547 bits per heavy atom. The molecule has 0 fully saturated rings. The third kappa shape index (κ3) is 48.3. The highest BCUT2D eigenvalue weighted by Gasteiger charge is 2.19. The summed E-state index contributed by atoms with van der Waals surface area (Å²) < 4.78 is 16.9. The van der Waals surface area contributed by atoms with Gasteiger partial charge in [-0.15, -0.1) is 0 Å². The molecule has 0 aliphatic carbocycles. The summed E-state index contributed by atoms with van der Waals surface area (Å²) in [6, 6.07) is 0. The van der Waals surface area contributed by atoms with Gasteiger partial charge in [-0.2, -0.15) is 0 Å². The van der Waals surface area contributed by atoms with Gasteiger partial charge >= 0.3 is 17.9 Å². The van der Waals surface area contributed by atoms with Crippen LogP contribution in [0.4, 0.5) is 0 Å². The summed E-state index contributed by atoms with van der Waals surface area (Å²) >= 11 is 0. The van der Waals surface area contributed by atoms with E-state index >= 15 is 0 Å². The summed E-state index contributed by atoms with van der Waals surface area (Å²) in [6.45, 7) is 11.4. The molecule has 2 unspecified atom stereocenters. The van der Waals surface area contributed by atoms with Crippen LogP contribution in [-0.4, -0.2) is 37.2 Å². The molecule has 0 amide bonds. The molecule has 6 heteroatoms. The second-order valence-corrected chi connectivity index (χ2v) is 20.4. The molecule has 0 bridgehead atoms. The zero-order chi connectivity index (χ0) is 46.8. The summed E-state index contributed by atoms with van der Waals surface area (Å²) in [5.74, 6) is 0.866. The molecule has 0 aromatic heterocycles. The minimum Gasteiger partial charge on any atom is -0.462 e. The van der Waals surface area contributed by atoms with Gasteiger partial charge in [0.25, 0.3) is 0 Å². The number of rotatable bonds is 52. The Kier molecular flexibility index (Phi) is 49.6. The van der Waals surface area contributed by atoms with Crippen LogP contribution in [0.2, 0.25) is 0 Å². The predicted octanol–water partition coefficient (Wildman–Crippen LogP) is 18.9. The Bertz CT molecular complexity index is 982. The fourth-order valence-electron chi connectivity index (χ4n) is 8.81. The lowest BCUT2D eigenvalue weighted by atomic mass is 9.99. The second kappa shape index (κ2) is 50.8. The summed E-state index contributed by atoms with van der Waals surface area (Å²) in [7, 11) is 0. The Morgan fingerprint density at radius 3 is 0.812 bits per heavy atom. The molecule has 64 heavy (non-hydrogen) atoms. The molecule has 0 radical (unpaired) electrons. The number of ether oxygens (including phenoxy) is 3. The van der Waals surface area contributed by atoms with Gasteiger partial charge in [-0.1, -0.05) is 285 Å². The topological polar surface area (TPSA) is 78.9 Å². The number of hydrogen-bond donors (Lipinski definition) is 0. The van der Waals surface area contributed by atoms with Gasteiger partial charge in [-0.3, -0.25) is 14.4 Å². The number of hydrogen-bond acceptors (Lipinski definition) is 6. The average molecular weight is 906 g/mol. The zero-order valence-electron chi connectivity index (χ0n) is 43.9. The van der Waals surface area contributed by atoms with E-state index in [0.29, 0.717) is 19.3 Å². The van der Waals surface area contributed by atoms with E-state index in [9.17, 15) is 14.4 Å². The van der Waals surface area contributed by atoms with Crippen molar-refractivity contribution in [2.24, 2.45) is 11.8 Å². The third-order valence-corrected chi connectivity index (χ3v) is 13.9. The maximum atomic E-state index is 12.8. The van der Waals surface area contributed by atoms with E-state index in [1.807, 2.05) is 0 Å².